The van der Waals surface area contributed by atoms with E-state index < -0.39 is 18.2 Å². The summed E-state index contributed by atoms with van der Waals surface area (Å²) >= 11 is 0. The smallest absolute Gasteiger partial charge is 0.334 e. The number of nitrogens with one attached hydrogen (secondary N) is 1. The van der Waals surface area contributed by atoms with Gasteiger partial charge in [0.15, 0.2) is 11.5 Å². The van der Waals surface area contributed by atoms with Crippen LogP contribution in [0.2, 0.25) is 0 Å². The first-order valence-electron chi connectivity index (χ1n) is 16.0. The average molecular weight is 668 g/mol. The second kappa shape index (κ2) is 13.9. The van der Waals surface area contributed by atoms with E-state index in [4.69, 9.17) is 14.5 Å². The molecule has 2 aliphatic heterocycles. The van der Waals surface area contributed by atoms with E-state index in [-0.39, 0.29) is 50.2 Å². The number of ether oxygens (including phenoxy) is 2. The van der Waals surface area contributed by atoms with E-state index in [2.05, 4.69) is 5.32 Å². The van der Waals surface area contributed by atoms with Gasteiger partial charge in [0.1, 0.15) is 23.8 Å². The molecule has 0 saturated carbocycles. The number of nitrogens with zero attached hydrogens (tertiary/aromatic N) is 6. The molecular weight excluding hydrogens is 626 g/mol. The molecule has 49 heavy (non-hydrogen) atoms. The van der Waals surface area contributed by atoms with E-state index in [1.807, 2.05) is 61.5 Å². The summed E-state index contributed by atoms with van der Waals surface area (Å²) < 4.78 is 11.0. The lowest BCUT2D eigenvalue weighted by atomic mass is 9.98. The summed E-state index contributed by atoms with van der Waals surface area (Å²) in [6.45, 7) is 0.343. The van der Waals surface area contributed by atoms with Gasteiger partial charge in [-0.25, -0.2) is 19.8 Å². The summed E-state index contributed by atoms with van der Waals surface area (Å²) in [5.74, 6) is 1.39. The number of rotatable bonds is 9. The Bertz CT molecular complexity index is 1870. The molecule has 2 N–H and O–H groups in total. The van der Waals surface area contributed by atoms with Crippen LogP contribution in [0.4, 0.5) is 10.6 Å². The summed E-state index contributed by atoms with van der Waals surface area (Å²) in [6, 6.07) is 20.5. The fraction of sp³-hybridized carbons (Fsp3) is 0.333. The number of hydrazine groups is 1. The van der Waals surface area contributed by atoms with Gasteiger partial charge in [-0.15, -0.1) is 0 Å². The molecule has 6 rings (SSSR count). The number of amides is 4. The Kier molecular flexibility index (Phi) is 9.45. The second-order valence-electron chi connectivity index (χ2n) is 12.4. The summed E-state index contributed by atoms with van der Waals surface area (Å²) in [5.41, 5.74) is 3.16. The highest BCUT2D eigenvalue weighted by Gasteiger charge is 2.50. The monoisotopic (exact) mass is 667 g/mol. The number of urea groups is 1. The molecule has 2 aliphatic rings. The van der Waals surface area contributed by atoms with Gasteiger partial charge in [-0.05, 0) is 35.9 Å². The number of methoxy groups -OCH3 is 2. The summed E-state index contributed by atoms with van der Waals surface area (Å²) in [6.07, 6.45) is -0.594. The molecule has 4 amide bonds. The lowest BCUT2D eigenvalue weighted by Crippen LogP contribution is -2.76. The molecule has 13 heteroatoms. The number of aromatic nitrogens is 1. The minimum absolute atomic E-state index is 0.0799. The molecule has 0 aliphatic carbocycles. The topological polar surface area (TPSA) is 131 Å². The van der Waals surface area contributed by atoms with Crippen molar-refractivity contribution in [2.75, 3.05) is 53.4 Å². The van der Waals surface area contributed by atoms with Crippen LogP contribution in [-0.4, -0.2) is 108 Å². The highest BCUT2D eigenvalue weighted by Crippen LogP contribution is 2.33. The van der Waals surface area contributed by atoms with E-state index in [1.54, 1.807) is 66.4 Å². The second-order valence-corrected chi connectivity index (χ2v) is 12.4. The number of fused-ring (bicyclic) bond motifs is 2. The molecule has 3 heterocycles. The zero-order valence-corrected chi connectivity index (χ0v) is 28.3. The average Bonchev–Trinajstić information content (AvgIpc) is 3.09. The Balaban J connectivity index is 1.35. The van der Waals surface area contributed by atoms with Crippen molar-refractivity contribution in [3.05, 3.63) is 89.5 Å². The Morgan fingerprint density at radius 1 is 1.00 bits per heavy atom. The Morgan fingerprint density at radius 2 is 1.76 bits per heavy atom. The van der Waals surface area contributed by atoms with Crippen LogP contribution < -0.4 is 19.7 Å². The number of piperazine rings is 1. The molecule has 2 atom stereocenters. The van der Waals surface area contributed by atoms with E-state index in [1.165, 1.54) is 5.01 Å². The van der Waals surface area contributed by atoms with Crippen molar-refractivity contribution in [1.29, 1.82) is 0 Å². The number of phenols is 1. The van der Waals surface area contributed by atoms with Gasteiger partial charge in [-0.3, -0.25) is 9.59 Å². The number of likely N-dealkylation sites (N-methyl/N-ethyl adjacent to an activating group) is 1. The van der Waals surface area contributed by atoms with Gasteiger partial charge in [-0.1, -0.05) is 42.5 Å². The van der Waals surface area contributed by atoms with Crippen molar-refractivity contribution in [3.8, 4) is 17.2 Å². The number of aromatic hydroxyl groups is 1. The van der Waals surface area contributed by atoms with E-state index in [0.29, 0.717) is 17.1 Å². The first kappa shape index (κ1) is 33.3. The number of hydrogen-bond acceptors (Lipinski definition) is 9. The number of para-hydroxylation sites is 2. The van der Waals surface area contributed by atoms with Crippen molar-refractivity contribution >= 4 is 34.6 Å². The van der Waals surface area contributed by atoms with Gasteiger partial charge in [0.2, 0.25) is 11.8 Å². The van der Waals surface area contributed by atoms with Gasteiger partial charge in [-0.2, -0.15) is 0 Å². The Morgan fingerprint density at radius 3 is 2.47 bits per heavy atom. The lowest BCUT2D eigenvalue weighted by molar-refractivity contribution is -0.187. The minimum Gasteiger partial charge on any atom is -0.508 e. The zero-order valence-electron chi connectivity index (χ0n) is 28.3. The number of hydrogen-bond donors (Lipinski definition) is 2. The van der Waals surface area contributed by atoms with Gasteiger partial charge < -0.3 is 34.6 Å². The number of carbonyl (C=O) groups is 3. The third-order valence-corrected chi connectivity index (χ3v) is 8.99. The molecule has 4 aromatic rings. The quantitative estimate of drug-likeness (QED) is 0.276. The van der Waals surface area contributed by atoms with Crippen LogP contribution in [0.3, 0.4) is 0 Å². The van der Waals surface area contributed by atoms with Gasteiger partial charge in [0, 0.05) is 57.2 Å². The largest absolute Gasteiger partial charge is 0.508 e. The van der Waals surface area contributed by atoms with Crippen LogP contribution in [-0.2, 0) is 29.1 Å². The Labute approximate surface area is 285 Å². The molecule has 3 aromatic carbocycles. The number of phenolic OH excluding ortho intramolecular Hbond substituents is 1. The summed E-state index contributed by atoms with van der Waals surface area (Å²) in [5, 5.41) is 16.9. The normalized spacial score (nSPS) is 18.0. The van der Waals surface area contributed by atoms with E-state index in [9.17, 15) is 19.5 Å². The van der Waals surface area contributed by atoms with Crippen molar-refractivity contribution in [2.45, 2.75) is 31.7 Å². The number of pyridine rings is 1. The molecule has 0 bridgehead atoms. The fourth-order valence-corrected chi connectivity index (χ4v) is 6.71. The molecule has 2 fully saturated rings. The van der Waals surface area contributed by atoms with Crippen LogP contribution in [0.1, 0.15) is 16.7 Å². The Hall–Kier alpha value is -5.56. The SMILES string of the molecule is COc1cccc(CNC(=O)N2C3CN(Cc4cc5ccccc5nc4N(C)C)C(=O)[C@H](Cc4ccc(O)cc4)N3C(=O)CN2C)c1OC. The van der Waals surface area contributed by atoms with Gasteiger partial charge >= 0.3 is 6.03 Å². The standard InChI is InChI=1S/C36H41N7O6/c1-39(2)34-26(18-24-9-6-7-11-28(24)38-34)20-41-21-31-42(29(35(41)46)17-23-13-15-27(44)16-14-23)32(45)22-40(3)43(31)36(47)37-19-25-10-8-12-30(48-4)33(25)49-5/h6-16,18,29,31,44H,17,19-22H2,1-5H3,(H,37,47)/t29-,31?/m0/s1. The molecular formula is C36H41N7O6. The predicted molar refractivity (Wildman–Crippen MR) is 184 cm³/mol. The van der Waals surface area contributed by atoms with E-state index >= 15 is 0 Å². The minimum atomic E-state index is -0.894. The van der Waals surface area contributed by atoms with Gasteiger partial charge in [0.05, 0.1) is 32.8 Å². The molecule has 0 spiro atoms. The maximum absolute atomic E-state index is 14.4. The lowest BCUT2D eigenvalue weighted by Gasteiger charge is -2.54. The van der Waals surface area contributed by atoms with Crippen LogP contribution in [0.25, 0.3) is 10.9 Å². The van der Waals surface area contributed by atoms with Crippen LogP contribution in [0.5, 0.6) is 17.2 Å². The first-order valence-corrected chi connectivity index (χ1v) is 16.0. The molecule has 2 saturated heterocycles. The summed E-state index contributed by atoms with van der Waals surface area (Å²) in [4.78, 5) is 52.3. The van der Waals surface area contributed by atoms with Gasteiger partial charge in [0.25, 0.3) is 0 Å². The van der Waals surface area contributed by atoms with Crippen LogP contribution >= 0.6 is 0 Å². The molecule has 0 radical (unpaired) electrons. The predicted octanol–water partition coefficient (Wildman–Crippen LogP) is 3.20. The maximum atomic E-state index is 14.4. The highest BCUT2D eigenvalue weighted by atomic mass is 16.5. The van der Waals surface area contributed by atoms with Crippen LogP contribution in [0, 0.1) is 0 Å². The summed E-state index contributed by atoms with van der Waals surface area (Å²) in [7, 11) is 8.60. The van der Waals surface area contributed by atoms with Crippen LogP contribution in [0.15, 0.2) is 72.8 Å². The molecule has 1 aromatic heterocycles. The number of carbonyl (C=O) groups excluding carboxylic acids is 3. The highest BCUT2D eigenvalue weighted by molar-refractivity contribution is 5.92. The number of anilines is 1. The zero-order chi connectivity index (χ0) is 34.8. The molecule has 256 valence electrons. The third-order valence-electron chi connectivity index (χ3n) is 8.99. The third kappa shape index (κ3) is 6.61. The van der Waals surface area contributed by atoms with Crippen molar-refractivity contribution < 1.29 is 29.0 Å². The molecule has 13 nitrogen and oxygen atoms in total. The first-order chi connectivity index (χ1) is 23.6. The van der Waals surface area contributed by atoms with E-state index in [0.717, 1.165) is 27.8 Å². The number of benzene rings is 3. The van der Waals surface area contributed by atoms with Crippen molar-refractivity contribution in [2.24, 2.45) is 0 Å². The fourth-order valence-electron chi connectivity index (χ4n) is 6.71. The van der Waals surface area contributed by atoms with Crippen molar-refractivity contribution in [3.63, 3.8) is 0 Å². The maximum Gasteiger partial charge on any atom is 0.334 e. The molecule has 1 unspecified atom stereocenters. The van der Waals surface area contributed by atoms with Crippen molar-refractivity contribution in [1.82, 2.24) is 30.1 Å².